The quantitative estimate of drug-likeness (QED) is 0.857. The molecule has 1 unspecified atom stereocenters. The Bertz CT molecular complexity index is 508. The van der Waals surface area contributed by atoms with Crippen LogP contribution in [0.25, 0.3) is 0 Å². The van der Waals surface area contributed by atoms with Crippen LogP contribution in [0.1, 0.15) is 29.7 Å². The monoisotopic (exact) mass is 229 g/mol. The lowest BCUT2D eigenvalue weighted by molar-refractivity contribution is 0.599. The highest BCUT2D eigenvalue weighted by atomic mass is 19.1. The van der Waals surface area contributed by atoms with E-state index in [1.54, 1.807) is 12.1 Å². The first-order valence-corrected chi connectivity index (χ1v) is 5.81. The third-order valence-corrected chi connectivity index (χ3v) is 2.96. The Hall–Kier alpha value is -1.67. The molecule has 2 heteroatoms. The van der Waals surface area contributed by atoms with Crippen LogP contribution in [0.4, 0.5) is 4.39 Å². The molecule has 17 heavy (non-hydrogen) atoms. The van der Waals surface area contributed by atoms with Gasteiger partial charge in [0.25, 0.3) is 0 Å². The first-order chi connectivity index (χ1) is 8.22. The van der Waals surface area contributed by atoms with Crippen LogP contribution in [0.3, 0.4) is 0 Å². The molecule has 0 aliphatic carbocycles. The maximum Gasteiger partial charge on any atom is 0.128 e. The van der Waals surface area contributed by atoms with Gasteiger partial charge < -0.3 is 5.73 Å². The average Bonchev–Trinajstić information content (AvgIpc) is 2.38. The maximum absolute atomic E-state index is 13.6. The number of hydrogen-bond acceptors (Lipinski definition) is 1. The Morgan fingerprint density at radius 3 is 2.59 bits per heavy atom. The molecule has 2 rings (SSSR count). The van der Waals surface area contributed by atoms with Gasteiger partial charge in [0.2, 0.25) is 0 Å². The van der Waals surface area contributed by atoms with Crippen LogP contribution in [0.5, 0.6) is 0 Å². The summed E-state index contributed by atoms with van der Waals surface area (Å²) in [6.45, 7) is 2.09. The third-order valence-electron chi connectivity index (χ3n) is 2.96. The molecule has 0 aliphatic rings. The van der Waals surface area contributed by atoms with Crippen molar-refractivity contribution in [2.45, 2.75) is 19.4 Å². The normalized spacial score (nSPS) is 12.4. The first-order valence-electron chi connectivity index (χ1n) is 5.81. The van der Waals surface area contributed by atoms with Gasteiger partial charge in [-0.15, -0.1) is 0 Å². The summed E-state index contributed by atoms with van der Waals surface area (Å²) in [6, 6.07) is 14.3. The van der Waals surface area contributed by atoms with E-state index in [2.05, 4.69) is 13.0 Å². The standard InChI is InChI=1S/C15H16FN/c1-2-11-6-5-7-12(10-11)15(17)13-8-3-4-9-14(13)16/h3-10,15H,2,17H2,1H3. The maximum atomic E-state index is 13.6. The van der Waals surface area contributed by atoms with Crippen molar-refractivity contribution in [1.82, 2.24) is 0 Å². The molecule has 0 heterocycles. The van der Waals surface area contributed by atoms with Crippen molar-refractivity contribution in [3.63, 3.8) is 0 Å². The summed E-state index contributed by atoms with van der Waals surface area (Å²) < 4.78 is 13.6. The van der Waals surface area contributed by atoms with Crippen molar-refractivity contribution in [3.8, 4) is 0 Å². The molecule has 2 N–H and O–H groups in total. The van der Waals surface area contributed by atoms with E-state index in [0.29, 0.717) is 5.56 Å². The van der Waals surface area contributed by atoms with E-state index in [1.807, 2.05) is 24.3 Å². The number of benzene rings is 2. The second-order valence-corrected chi connectivity index (χ2v) is 4.10. The fourth-order valence-electron chi connectivity index (χ4n) is 1.91. The lowest BCUT2D eigenvalue weighted by Gasteiger charge is -2.14. The Morgan fingerprint density at radius 2 is 1.88 bits per heavy atom. The topological polar surface area (TPSA) is 26.0 Å². The number of hydrogen-bond donors (Lipinski definition) is 1. The number of halogens is 1. The zero-order valence-electron chi connectivity index (χ0n) is 9.86. The first kappa shape index (κ1) is 11.8. The summed E-state index contributed by atoms with van der Waals surface area (Å²) in [5, 5.41) is 0. The van der Waals surface area contributed by atoms with Crippen LogP contribution in [0, 0.1) is 5.82 Å². The molecule has 0 aliphatic heterocycles. The molecule has 0 fully saturated rings. The highest BCUT2D eigenvalue weighted by molar-refractivity contribution is 5.34. The fraction of sp³-hybridized carbons (Fsp3) is 0.200. The van der Waals surface area contributed by atoms with Crippen LogP contribution in [-0.4, -0.2) is 0 Å². The lowest BCUT2D eigenvalue weighted by atomic mass is 9.97. The van der Waals surface area contributed by atoms with Crippen LogP contribution in [0.2, 0.25) is 0 Å². The van der Waals surface area contributed by atoms with Gasteiger partial charge in [0, 0.05) is 5.56 Å². The van der Waals surface area contributed by atoms with Gasteiger partial charge in [-0.3, -0.25) is 0 Å². The van der Waals surface area contributed by atoms with E-state index in [9.17, 15) is 4.39 Å². The van der Waals surface area contributed by atoms with Crippen molar-refractivity contribution in [1.29, 1.82) is 0 Å². The molecule has 2 aromatic rings. The van der Waals surface area contributed by atoms with Gasteiger partial charge in [0.05, 0.1) is 6.04 Å². The Balaban J connectivity index is 2.37. The summed E-state index contributed by atoms with van der Waals surface area (Å²) >= 11 is 0. The SMILES string of the molecule is CCc1cccc(C(N)c2ccccc2F)c1. The molecule has 0 spiro atoms. The molecular weight excluding hydrogens is 213 g/mol. The van der Waals surface area contributed by atoms with Crippen molar-refractivity contribution in [2.75, 3.05) is 0 Å². The van der Waals surface area contributed by atoms with Crippen LogP contribution in [-0.2, 0) is 6.42 Å². The molecule has 0 amide bonds. The molecule has 1 nitrogen and oxygen atoms in total. The molecular formula is C15H16FN. The fourth-order valence-corrected chi connectivity index (χ4v) is 1.91. The summed E-state index contributed by atoms with van der Waals surface area (Å²) in [7, 11) is 0. The summed E-state index contributed by atoms with van der Waals surface area (Å²) in [5.74, 6) is -0.248. The minimum absolute atomic E-state index is 0.248. The summed E-state index contributed by atoms with van der Waals surface area (Å²) in [6.07, 6.45) is 0.956. The summed E-state index contributed by atoms with van der Waals surface area (Å²) in [5.41, 5.74) is 8.81. The van der Waals surface area contributed by atoms with E-state index >= 15 is 0 Å². The van der Waals surface area contributed by atoms with Crippen LogP contribution in [0.15, 0.2) is 48.5 Å². The molecule has 2 aromatic carbocycles. The smallest absolute Gasteiger partial charge is 0.128 e. The van der Waals surface area contributed by atoms with Gasteiger partial charge in [-0.25, -0.2) is 4.39 Å². The predicted octanol–water partition coefficient (Wildman–Crippen LogP) is 3.44. The van der Waals surface area contributed by atoms with Crippen LogP contribution < -0.4 is 5.73 Å². The van der Waals surface area contributed by atoms with Gasteiger partial charge in [0.15, 0.2) is 0 Å². The number of nitrogens with two attached hydrogens (primary N) is 1. The van der Waals surface area contributed by atoms with Gasteiger partial charge >= 0.3 is 0 Å². The Labute approximate surface area is 101 Å². The van der Waals surface area contributed by atoms with E-state index in [-0.39, 0.29) is 5.82 Å². The van der Waals surface area contributed by atoms with Gasteiger partial charge in [-0.05, 0) is 23.6 Å². The van der Waals surface area contributed by atoms with E-state index in [1.165, 1.54) is 11.6 Å². The molecule has 1 atom stereocenters. The molecule has 0 aromatic heterocycles. The molecule has 0 saturated heterocycles. The third kappa shape index (κ3) is 2.53. The predicted molar refractivity (Wildman–Crippen MR) is 68.3 cm³/mol. The van der Waals surface area contributed by atoms with Gasteiger partial charge in [-0.2, -0.15) is 0 Å². The van der Waals surface area contributed by atoms with Crippen molar-refractivity contribution >= 4 is 0 Å². The minimum Gasteiger partial charge on any atom is -0.320 e. The van der Waals surface area contributed by atoms with Crippen LogP contribution >= 0.6 is 0 Å². The lowest BCUT2D eigenvalue weighted by Crippen LogP contribution is -2.13. The molecule has 0 radical (unpaired) electrons. The van der Waals surface area contributed by atoms with Crippen molar-refractivity contribution in [2.24, 2.45) is 5.73 Å². The van der Waals surface area contributed by atoms with E-state index in [4.69, 9.17) is 5.73 Å². The van der Waals surface area contributed by atoms with E-state index < -0.39 is 6.04 Å². The molecule has 0 bridgehead atoms. The largest absolute Gasteiger partial charge is 0.320 e. The number of aryl methyl sites for hydroxylation is 1. The van der Waals surface area contributed by atoms with Gasteiger partial charge in [-0.1, -0.05) is 49.4 Å². The Kier molecular flexibility index (Phi) is 3.55. The number of rotatable bonds is 3. The van der Waals surface area contributed by atoms with Crippen molar-refractivity contribution in [3.05, 3.63) is 71.0 Å². The zero-order valence-corrected chi connectivity index (χ0v) is 9.86. The Morgan fingerprint density at radius 1 is 1.12 bits per heavy atom. The van der Waals surface area contributed by atoms with Crippen molar-refractivity contribution < 1.29 is 4.39 Å². The second-order valence-electron chi connectivity index (χ2n) is 4.10. The summed E-state index contributed by atoms with van der Waals surface area (Å²) in [4.78, 5) is 0. The second kappa shape index (κ2) is 5.11. The van der Waals surface area contributed by atoms with Gasteiger partial charge in [0.1, 0.15) is 5.82 Å². The molecule has 88 valence electrons. The van der Waals surface area contributed by atoms with E-state index in [0.717, 1.165) is 12.0 Å². The highest BCUT2D eigenvalue weighted by Gasteiger charge is 2.12. The minimum atomic E-state index is -0.400. The molecule has 0 saturated carbocycles. The average molecular weight is 229 g/mol. The zero-order chi connectivity index (χ0) is 12.3. The highest BCUT2D eigenvalue weighted by Crippen LogP contribution is 2.22.